The average molecular weight is 237 g/mol. The Bertz CT molecular complexity index is 250. The summed E-state index contributed by atoms with van der Waals surface area (Å²) in [6.07, 6.45) is 8.97. The van der Waals surface area contributed by atoms with Crippen molar-refractivity contribution in [3.05, 3.63) is 0 Å². The zero-order valence-corrected chi connectivity index (χ0v) is 11.4. The van der Waals surface area contributed by atoms with Crippen molar-refractivity contribution < 1.29 is 0 Å². The molecule has 3 heteroatoms. The van der Waals surface area contributed by atoms with Gasteiger partial charge in [-0.3, -0.25) is 5.41 Å². The first-order valence-corrected chi connectivity index (χ1v) is 7.18. The molecule has 1 aliphatic carbocycles. The second-order valence-corrected chi connectivity index (χ2v) is 5.87. The summed E-state index contributed by atoms with van der Waals surface area (Å²) >= 11 is 0. The Hall–Kier alpha value is -0.570. The molecule has 0 bridgehead atoms. The van der Waals surface area contributed by atoms with Gasteiger partial charge < -0.3 is 9.80 Å². The number of nitrogens with one attached hydrogen (secondary N) is 1. The van der Waals surface area contributed by atoms with Crippen molar-refractivity contribution in [1.82, 2.24) is 9.80 Å². The number of nitrogens with zero attached hydrogens (tertiary/aromatic N) is 2. The van der Waals surface area contributed by atoms with E-state index in [1.807, 2.05) is 0 Å². The fraction of sp³-hybridized carbons (Fsp3) is 0.929. The quantitative estimate of drug-likeness (QED) is 0.591. The highest BCUT2D eigenvalue weighted by molar-refractivity contribution is 5.81. The van der Waals surface area contributed by atoms with Gasteiger partial charge in [0.2, 0.25) is 0 Å². The van der Waals surface area contributed by atoms with E-state index in [0.29, 0.717) is 12.0 Å². The molecule has 0 aromatic rings. The number of hydrogen-bond acceptors (Lipinski definition) is 2. The number of piperidine rings is 1. The summed E-state index contributed by atoms with van der Waals surface area (Å²) in [6.45, 7) is 2.37. The molecule has 17 heavy (non-hydrogen) atoms. The van der Waals surface area contributed by atoms with Crippen molar-refractivity contribution >= 4 is 5.84 Å². The fourth-order valence-corrected chi connectivity index (χ4v) is 3.24. The van der Waals surface area contributed by atoms with Gasteiger partial charge >= 0.3 is 0 Å². The zero-order valence-electron chi connectivity index (χ0n) is 11.4. The lowest BCUT2D eigenvalue weighted by molar-refractivity contribution is 0.185. The molecule has 2 rings (SSSR count). The van der Waals surface area contributed by atoms with Crippen LogP contribution in [0.1, 0.15) is 44.9 Å². The van der Waals surface area contributed by atoms with Crippen molar-refractivity contribution in [2.75, 3.05) is 27.2 Å². The monoisotopic (exact) mass is 237 g/mol. The van der Waals surface area contributed by atoms with Crippen molar-refractivity contribution in [3.8, 4) is 0 Å². The number of rotatable bonds is 2. The van der Waals surface area contributed by atoms with Crippen molar-refractivity contribution in [2.45, 2.75) is 51.0 Å². The molecule has 0 aromatic heterocycles. The van der Waals surface area contributed by atoms with Crippen LogP contribution in [0.2, 0.25) is 0 Å². The molecule has 0 atom stereocenters. The molecule has 0 unspecified atom stereocenters. The molecule has 0 aromatic carbocycles. The van der Waals surface area contributed by atoms with Gasteiger partial charge in [0, 0.05) is 19.0 Å². The van der Waals surface area contributed by atoms with Crippen LogP contribution in [0.5, 0.6) is 0 Å². The molecule has 2 aliphatic rings. The molecule has 98 valence electrons. The van der Waals surface area contributed by atoms with Crippen LogP contribution in [-0.2, 0) is 0 Å². The van der Waals surface area contributed by atoms with Gasteiger partial charge in [0.15, 0.2) is 0 Å². The smallest absolute Gasteiger partial charge is 0.0989 e. The first-order chi connectivity index (χ1) is 8.18. The summed E-state index contributed by atoms with van der Waals surface area (Å²) in [5, 5.41) is 8.39. The van der Waals surface area contributed by atoms with E-state index in [-0.39, 0.29) is 0 Å². The van der Waals surface area contributed by atoms with Crippen LogP contribution in [0.4, 0.5) is 0 Å². The lowest BCUT2D eigenvalue weighted by atomic mass is 9.87. The highest BCUT2D eigenvalue weighted by Gasteiger charge is 2.27. The van der Waals surface area contributed by atoms with E-state index >= 15 is 0 Å². The first-order valence-electron chi connectivity index (χ1n) is 7.18. The van der Waals surface area contributed by atoms with Crippen molar-refractivity contribution in [3.63, 3.8) is 0 Å². The molecule has 3 nitrogen and oxygen atoms in total. The predicted octanol–water partition coefficient (Wildman–Crippen LogP) is 2.57. The highest BCUT2D eigenvalue weighted by Crippen LogP contribution is 2.27. The van der Waals surface area contributed by atoms with E-state index in [9.17, 15) is 0 Å². The molecule has 0 radical (unpaired) electrons. The van der Waals surface area contributed by atoms with E-state index in [4.69, 9.17) is 5.41 Å². The second kappa shape index (κ2) is 5.85. The zero-order chi connectivity index (χ0) is 12.3. The van der Waals surface area contributed by atoms with Gasteiger partial charge in [0.25, 0.3) is 0 Å². The molecule has 1 saturated carbocycles. The maximum absolute atomic E-state index is 8.39. The van der Waals surface area contributed by atoms with Crippen LogP contribution in [-0.4, -0.2) is 48.9 Å². The van der Waals surface area contributed by atoms with E-state index in [1.165, 1.54) is 58.0 Å². The summed E-state index contributed by atoms with van der Waals surface area (Å²) in [5.74, 6) is 1.47. The third kappa shape index (κ3) is 3.21. The number of likely N-dealkylation sites (tertiary alicyclic amines) is 1. The van der Waals surface area contributed by atoms with Crippen LogP contribution < -0.4 is 0 Å². The van der Waals surface area contributed by atoms with Gasteiger partial charge in [-0.1, -0.05) is 19.3 Å². The van der Waals surface area contributed by atoms with Crippen LogP contribution >= 0.6 is 0 Å². The van der Waals surface area contributed by atoms with Crippen molar-refractivity contribution in [1.29, 1.82) is 5.41 Å². The number of hydrogen-bond donors (Lipinski definition) is 1. The first kappa shape index (κ1) is 12.9. The molecule has 2 fully saturated rings. The Balaban J connectivity index is 1.85. The summed E-state index contributed by atoms with van der Waals surface area (Å²) in [4.78, 5) is 4.68. The summed E-state index contributed by atoms with van der Waals surface area (Å²) in [7, 11) is 4.34. The largest absolute Gasteiger partial charge is 0.360 e. The van der Waals surface area contributed by atoms with E-state index in [1.54, 1.807) is 0 Å². The third-order valence-corrected chi connectivity index (χ3v) is 4.61. The van der Waals surface area contributed by atoms with Crippen LogP contribution in [0.15, 0.2) is 0 Å². The molecule has 1 aliphatic heterocycles. The summed E-state index contributed by atoms with van der Waals surface area (Å²) in [6, 6.07) is 0.612. The minimum absolute atomic E-state index is 0.549. The molecule has 1 N–H and O–H groups in total. The number of amidine groups is 1. The van der Waals surface area contributed by atoms with Gasteiger partial charge in [-0.2, -0.15) is 0 Å². The molecular weight excluding hydrogens is 210 g/mol. The predicted molar refractivity (Wildman–Crippen MR) is 72.6 cm³/mol. The lowest BCUT2D eigenvalue weighted by Crippen LogP contribution is -2.46. The SMILES string of the molecule is CN1CCC(N(C)C(=N)C2CCCCC2)CC1. The Kier molecular flexibility index (Phi) is 4.43. The summed E-state index contributed by atoms with van der Waals surface area (Å²) < 4.78 is 0. The van der Waals surface area contributed by atoms with E-state index in [2.05, 4.69) is 23.9 Å². The Morgan fingerprint density at radius 1 is 1.06 bits per heavy atom. The van der Waals surface area contributed by atoms with Gasteiger partial charge in [-0.15, -0.1) is 0 Å². The molecule has 0 amide bonds. The van der Waals surface area contributed by atoms with Crippen LogP contribution in [0.25, 0.3) is 0 Å². The Labute approximate surface area is 106 Å². The van der Waals surface area contributed by atoms with E-state index in [0.717, 1.165) is 5.84 Å². The van der Waals surface area contributed by atoms with Crippen LogP contribution in [0, 0.1) is 11.3 Å². The molecular formula is C14H27N3. The summed E-state index contributed by atoms with van der Waals surface area (Å²) in [5.41, 5.74) is 0. The van der Waals surface area contributed by atoms with Gasteiger partial charge in [0.1, 0.15) is 0 Å². The fourth-order valence-electron chi connectivity index (χ4n) is 3.24. The Morgan fingerprint density at radius 2 is 1.65 bits per heavy atom. The van der Waals surface area contributed by atoms with Crippen molar-refractivity contribution in [2.24, 2.45) is 5.92 Å². The maximum atomic E-state index is 8.39. The second-order valence-electron chi connectivity index (χ2n) is 5.87. The van der Waals surface area contributed by atoms with Gasteiger partial charge in [0.05, 0.1) is 5.84 Å². The van der Waals surface area contributed by atoms with Gasteiger partial charge in [-0.25, -0.2) is 0 Å². The maximum Gasteiger partial charge on any atom is 0.0989 e. The normalized spacial score (nSPS) is 24.8. The average Bonchev–Trinajstić information content (AvgIpc) is 2.39. The topological polar surface area (TPSA) is 30.3 Å². The van der Waals surface area contributed by atoms with Gasteiger partial charge in [-0.05, 0) is 45.8 Å². The van der Waals surface area contributed by atoms with Crippen LogP contribution in [0.3, 0.4) is 0 Å². The molecule has 0 spiro atoms. The molecule has 1 heterocycles. The third-order valence-electron chi connectivity index (χ3n) is 4.61. The highest BCUT2D eigenvalue weighted by atomic mass is 15.2. The standard InChI is InChI=1S/C14H27N3/c1-16-10-8-13(9-11-16)17(2)14(15)12-6-4-3-5-7-12/h12-13,15H,3-11H2,1-2H3. The van der Waals surface area contributed by atoms with E-state index < -0.39 is 0 Å². The minimum Gasteiger partial charge on any atom is -0.360 e. The Morgan fingerprint density at radius 3 is 2.24 bits per heavy atom. The minimum atomic E-state index is 0.549. The lowest BCUT2D eigenvalue weighted by Gasteiger charge is -2.39. The molecule has 1 saturated heterocycles.